The van der Waals surface area contributed by atoms with Crippen LogP contribution >= 0.6 is 39.0 Å². The highest BCUT2D eigenvalue weighted by Crippen LogP contribution is 2.29. The van der Waals surface area contributed by atoms with Gasteiger partial charge in [0.05, 0.1) is 5.56 Å². The van der Waals surface area contributed by atoms with Crippen molar-refractivity contribution in [3.63, 3.8) is 0 Å². The lowest BCUT2D eigenvalue weighted by Gasteiger charge is -2.32. The highest BCUT2D eigenvalue weighted by atomic mass is 79.9. The van der Waals surface area contributed by atoms with Gasteiger partial charge in [-0.25, -0.2) is 4.98 Å². The first-order chi connectivity index (χ1) is 11.1. The highest BCUT2D eigenvalue weighted by molar-refractivity contribution is 9.10. The fraction of sp³-hybridized carbons (Fsp3) is 0.412. The number of rotatable bonds is 4. The molecule has 3 nitrogen and oxygen atoms in total. The van der Waals surface area contributed by atoms with E-state index in [1.165, 1.54) is 0 Å². The SMILES string of the molecule is Cc1csc(SCC2CCN(C(=O)c3ccccc3Br)CC2)n1. The molecule has 0 radical (unpaired) electrons. The van der Waals surface area contributed by atoms with Crippen molar-refractivity contribution in [1.29, 1.82) is 0 Å². The maximum Gasteiger partial charge on any atom is 0.254 e. The summed E-state index contributed by atoms with van der Waals surface area (Å²) in [6.07, 6.45) is 2.15. The Hall–Kier alpha value is -0.850. The van der Waals surface area contributed by atoms with Gasteiger partial charge in [0.15, 0.2) is 0 Å². The molecule has 2 aromatic rings. The van der Waals surface area contributed by atoms with E-state index in [1.807, 2.05) is 47.9 Å². The third kappa shape index (κ3) is 4.37. The second-order valence-electron chi connectivity index (χ2n) is 5.78. The van der Waals surface area contributed by atoms with Gasteiger partial charge in [-0.1, -0.05) is 23.9 Å². The second kappa shape index (κ2) is 7.81. The molecule has 2 heterocycles. The van der Waals surface area contributed by atoms with Gasteiger partial charge in [-0.3, -0.25) is 4.79 Å². The summed E-state index contributed by atoms with van der Waals surface area (Å²) in [5.74, 6) is 1.91. The molecule has 1 saturated heterocycles. The van der Waals surface area contributed by atoms with Crippen LogP contribution in [0.25, 0.3) is 0 Å². The number of aromatic nitrogens is 1. The summed E-state index contributed by atoms with van der Waals surface area (Å²) in [5, 5.41) is 2.10. The third-order valence-corrected chi connectivity index (χ3v) is 7.11. The van der Waals surface area contributed by atoms with Gasteiger partial charge in [0, 0.05) is 34.4 Å². The normalized spacial score (nSPS) is 15.8. The van der Waals surface area contributed by atoms with Crippen LogP contribution in [-0.2, 0) is 0 Å². The second-order valence-corrected chi connectivity index (χ2v) is 8.76. The number of aryl methyl sites for hydroxylation is 1. The largest absolute Gasteiger partial charge is 0.339 e. The molecular weight excluding hydrogens is 392 g/mol. The Morgan fingerprint density at radius 3 is 2.78 bits per heavy atom. The van der Waals surface area contributed by atoms with Crippen LogP contribution in [0, 0.1) is 12.8 Å². The van der Waals surface area contributed by atoms with Crippen molar-refractivity contribution in [3.8, 4) is 0 Å². The minimum absolute atomic E-state index is 0.138. The van der Waals surface area contributed by atoms with Gasteiger partial charge in [-0.05, 0) is 53.7 Å². The number of carbonyl (C=O) groups is 1. The van der Waals surface area contributed by atoms with Gasteiger partial charge in [0.2, 0.25) is 0 Å². The van der Waals surface area contributed by atoms with E-state index in [0.29, 0.717) is 5.92 Å². The topological polar surface area (TPSA) is 33.2 Å². The molecule has 0 bridgehead atoms. The average molecular weight is 411 g/mol. The molecule has 3 rings (SSSR count). The minimum Gasteiger partial charge on any atom is -0.339 e. The molecule has 1 fully saturated rings. The molecule has 0 atom stereocenters. The Labute approximate surface area is 153 Å². The molecule has 0 N–H and O–H groups in total. The summed E-state index contributed by atoms with van der Waals surface area (Å²) >= 11 is 7.05. The van der Waals surface area contributed by atoms with E-state index < -0.39 is 0 Å². The number of carbonyl (C=O) groups excluding carboxylic acids is 1. The Bertz CT molecular complexity index is 681. The van der Waals surface area contributed by atoms with Gasteiger partial charge < -0.3 is 4.90 Å². The molecule has 0 aliphatic carbocycles. The third-order valence-electron chi connectivity index (χ3n) is 4.05. The summed E-state index contributed by atoms with van der Waals surface area (Å²) in [5.41, 5.74) is 1.87. The van der Waals surface area contributed by atoms with Crippen molar-refractivity contribution >= 4 is 44.9 Å². The summed E-state index contributed by atoms with van der Waals surface area (Å²) in [6, 6.07) is 7.66. The lowest BCUT2D eigenvalue weighted by atomic mass is 9.98. The highest BCUT2D eigenvalue weighted by Gasteiger charge is 2.24. The van der Waals surface area contributed by atoms with Crippen molar-refractivity contribution in [1.82, 2.24) is 9.88 Å². The quantitative estimate of drug-likeness (QED) is 0.674. The van der Waals surface area contributed by atoms with E-state index in [-0.39, 0.29) is 5.91 Å². The minimum atomic E-state index is 0.138. The van der Waals surface area contributed by atoms with Crippen molar-refractivity contribution in [2.45, 2.75) is 24.1 Å². The maximum atomic E-state index is 12.6. The fourth-order valence-electron chi connectivity index (χ4n) is 2.70. The van der Waals surface area contributed by atoms with Crippen molar-refractivity contribution in [2.24, 2.45) is 5.92 Å². The first-order valence-electron chi connectivity index (χ1n) is 7.72. The number of halogens is 1. The van der Waals surface area contributed by atoms with E-state index >= 15 is 0 Å². The molecule has 1 aromatic carbocycles. The smallest absolute Gasteiger partial charge is 0.254 e. The molecule has 0 saturated carbocycles. The van der Waals surface area contributed by atoms with Crippen molar-refractivity contribution in [3.05, 3.63) is 45.4 Å². The summed E-state index contributed by atoms with van der Waals surface area (Å²) in [4.78, 5) is 19.1. The molecule has 1 aromatic heterocycles. The standard InChI is InChI=1S/C17H19BrN2OS2/c1-12-10-22-17(19-12)23-11-13-6-8-20(9-7-13)16(21)14-4-2-3-5-15(14)18/h2-5,10,13H,6-9,11H2,1H3. The predicted octanol–water partition coefficient (Wildman–Crippen LogP) is 4.86. The number of thioether (sulfide) groups is 1. The van der Waals surface area contributed by atoms with Crippen LogP contribution in [-0.4, -0.2) is 34.6 Å². The van der Waals surface area contributed by atoms with Gasteiger partial charge in [0.25, 0.3) is 5.91 Å². The number of nitrogens with zero attached hydrogens (tertiary/aromatic N) is 2. The van der Waals surface area contributed by atoms with E-state index in [1.54, 1.807) is 11.3 Å². The van der Waals surface area contributed by atoms with Crippen molar-refractivity contribution < 1.29 is 4.79 Å². The summed E-state index contributed by atoms with van der Waals surface area (Å²) in [6.45, 7) is 3.73. The molecule has 0 unspecified atom stereocenters. The first-order valence-corrected chi connectivity index (χ1v) is 10.4. The number of benzene rings is 1. The zero-order valence-electron chi connectivity index (χ0n) is 13.0. The Morgan fingerprint density at radius 1 is 1.39 bits per heavy atom. The zero-order valence-corrected chi connectivity index (χ0v) is 16.2. The first kappa shape index (κ1) is 17.0. The summed E-state index contributed by atoms with van der Waals surface area (Å²) in [7, 11) is 0. The lowest BCUT2D eigenvalue weighted by molar-refractivity contribution is 0.0698. The van der Waals surface area contributed by atoms with Crippen LogP contribution < -0.4 is 0 Å². The average Bonchev–Trinajstić information content (AvgIpc) is 2.99. The number of piperidine rings is 1. The lowest BCUT2D eigenvalue weighted by Crippen LogP contribution is -2.39. The van der Waals surface area contributed by atoms with Gasteiger partial charge in [0.1, 0.15) is 4.34 Å². The molecule has 6 heteroatoms. The van der Waals surface area contributed by atoms with Gasteiger partial charge in [-0.2, -0.15) is 0 Å². The zero-order chi connectivity index (χ0) is 16.2. The molecule has 1 aliphatic rings. The molecule has 1 aliphatic heterocycles. The predicted molar refractivity (Wildman–Crippen MR) is 100 cm³/mol. The summed E-state index contributed by atoms with van der Waals surface area (Å²) < 4.78 is 2.04. The monoisotopic (exact) mass is 410 g/mol. The van der Waals surface area contributed by atoms with E-state index in [9.17, 15) is 4.79 Å². The Kier molecular flexibility index (Phi) is 5.77. The Balaban J connectivity index is 1.50. The van der Waals surface area contributed by atoms with E-state index in [0.717, 1.165) is 51.8 Å². The van der Waals surface area contributed by atoms with Crippen LogP contribution in [0.15, 0.2) is 38.5 Å². The number of likely N-dealkylation sites (tertiary alicyclic amines) is 1. The van der Waals surface area contributed by atoms with E-state index in [2.05, 4.69) is 26.3 Å². The molecule has 23 heavy (non-hydrogen) atoms. The van der Waals surface area contributed by atoms with Crippen LogP contribution in [0.5, 0.6) is 0 Å². The van der Waals surface area contributed by atoms with Crippen LogP contribution in [0.2, 0.25) is 0 Å². The molecule has 122 valence electrons. The number of amides is 1. The van der Waals surface area contributed by atoms with Crippen LogP contribution in [0.4, 0.5) is 0 Å². The molecule has 0 spiro atoms. The van der Waals surface area contributed by atoms with Gasteiger partial charge >= 0.3 is 0 Å². The number of hydrogen-bond acceptors (Lipinski definition) is 4. The Morgan fingerprint density at radius 2 is 2.13 bits per heavy atom. The van der Waals surface area contributed by atoms with Crippen molar-refractivity contribution in [2.75, 3.05) is 18.8 Å². The van der Waals surface area contributed by atoms with Gasteiger partial charge in [-0.15, -0.1) is 11.3 Å². The number of hydrogen-bond donors (Lipinski definition) is 0. The molecule has 1 amide bonds. The fourth-order valence-corrected chi connectivity index (χ4v) is 5.21. The van der Waals surface area contributed by atoms with E-state index in [4.69, 9.17) is 0 Å². The van der Waals surface area contributed by atoms with Crippen LogP contribution in [0.3, 0.4) is 0 Å². The molecular formula is C17H19BrN2OS2. The number of thiazole rings is 1. The maximum absolute atomic E-state index is 12.6. The van der Waals surface area contributed by atoms with Crippen LogP contribution in [0.1, 0.15) is 28.9 Å².